The molecule has 0 unspecified atom stereocenters. The molecule has 0 aliphatic heterocycles. The molecular formula is C16H22O4. The maximum absolute atomic E-state index is 11.2. The fraction of sp³-hybridized carbons (Fsp3) is 0.562. The highest BCUT2D eigenvalue weighted by atomic mass is 16.7. The number of methoxy groups -OCH3 is 1. The highest BCUT2D eigenvalue weighted by molar-refractivity contribution is 5.66. The first-order valence-corrected chi connectivity index (χ1v) is 7.09. The number of benzene rings is 1. The van der Waals surface area contributed by atoms with E-state index < -0.39 is 0 Å². The molecule has 1 saturated carbocycles. The van der Waals surface area contributed by atoms with E-state index in [2.05, 4.69) is 6.07 Å². The van der Waals surface area contributed by atoms with Gasteiger partial charge in [-0.05, 0) is 37.0 Å². The summed E-state index contributed by atoms with van der Waals surface area (Å²) in [6.45, 7) is 1.71. The summed E-state index contributed by atoms with van der Waals surface area (Å²) in [5.74, 6) is 0.851. The normalized spacial score (nSPS) is 22.3. The summed E-state index contributed by atoms with van der Waals surface area (Å²) in [5.41, 5.74) is 1.17. The summed E-state index contributed by atoms with van der Waals surface area (Å²) in [6, 6.07) is 7.98. The second kappa shape index (κ2) is 7.29. The topological polar surface area (TPSA) is 44.8 Å². The fourth-order valence-electron chi connectivity index (χ4n) is 2.79. The Morgan fingerprint density at radius 3 is 2.85 bits per heavy atom. The smallest absolute Gasteiger partial charge is 0.302 e. The van der Waals surface area contributed by atoms with Crippen molar-refractivity contribution in [3.05, 3.63) is 29.8 Å². The van der Waals surface area contributed by atoms with E-state index in [1.807, 2.05) is 18.2 Å². The first-order chi connectivity index (χ1) is 9.70. The van der Waals surface area contributed by atoms with Crippen molar-refractivity contribution in [2.45, 2.75) is 44.6 Å². The maximum Gasteiger partial charge on any atom is 0.302 e. The van der Waals surface area contributed by atoms with E-state index in [-0.39, 0.29) is 24.8 Å². The van der Waals surface area contributed by atoms with Gasteiger partial charge in [-0.15, -0.1) is 0 Å². The Balaban J connectivity index is 2.12. The van der Waals surface area contributed by atoms with Crippen LogP contribution in [0, 0.1) is 0 Å². The molecule has 2 rings (SSSR count). The van der Waals surface area contributed by atoms with Gasteiger partial charge in [-0.25, -0.2) is 0 Å². The van der Waals surface area contributed by atoms with Crippen molar-refractivity contribution in [1.82, 2.24) is 0 Å². The summed E-state index contributed by atoms with van der Waals surface area (Å²) in [7, 11) is 1.60. The zero-order chi connectivity index (χ0) is 14.4. The van der Waals surface area contributed by atoms with Crippen LogP contribution in [0.5, 0.6) is 5.75 Å². The lowest BCUT2D eigenvalue weighted by Gasteiger charge is -2.31. The van der Waals surface area contributed by atoms with Crippen LogP contribution < -0.4 is 4.74 Å². The molecule has 0 bridgehead atoms. The van der Waals surface area contributed by atoms with Crippen molar-refractivity contribution in [2.75, 3.05) is 13.9 Å². The van der Waals surface area contributed by atoms with Crippen LogP contribution in [-0.2, 0) is 14.3 Å². The van der Waals surface area contributed by atoms with Gasteiger partial charge in [0.25, 0.3) is 0 Å². The van der Waals surface area contributed by atoms with Crippen LogP contribution in [0.2, 0.25) is 0 Å². The van der Waals surface area contributed by atoms with Gasteiger partial charge in [0, 0.05) is 20.0 Å². The number of hydrogen-bond acceptors (Lipinski definition) is 4. The molecule has 1 aliphatic carbocycles. The average molecular weight is 278 g/mol. The van der Waals surface area contributed by atoms with E-state index in [9.17, 15) is 4.79 Å². The molecule has 0 aromatic heterocycles. The van der Waals surface area contributed by atoms with Crippen LogP contribution in [0.3, 0.4) is 0 Å². The Labute approximate surface area is 120 Å². The summed E-state index contributed by atoms with van der Waals surface area (Å²) >= 11 is 0. The first kappa shape index (κ1) is 14.9. The van der Waals surface area contributed by atoms with Gasteiger partial charge in [-0.2, -0.15) is 0 Å². The summed E-state index contributed by atoms with van der Waals surface area (Å²) in [4.78, 5) is 11.2. The molecule has 0 N–H and O–H groups in total. The van der Waals surface area contributed by atoms with Crippen LogP contribution in [0.1, 0.15) is 44.1 Å². The number of carbonyl (C=O) groups is 1. The monoisotopic (exact) mass is 278 g/mol. The number of rotatable bonds is 5. The Hall–Kier alpha value is -1.55. The van der Waals surface area contributed by atoms with Gasteiger partial charge in [0.1, 0.15) is 11.9 Å². The first-order valence-electron chi connectivity index (χ1n) is 7.09. The molecule has 0 amide bonds. The lowest BCUT2D eigenvalue weighted by atomic mass is 9.81. The number of carbonyl (C=O) groups excluding carboxylic acids is 1. The van der Waals surface area contributed by atoms with E-state index in [0.717, 1.165) is 25.0 Å². The van der Waals surface area contributed by atoms with E-state index in [1.165, 1.54) is 18.9 Å². The maximum atomic E-state index is 11.2. The third kappa shape index (κ3) is 3.97. The molecule has 1 aliphatic rings. The molecule has 0 saturated heterocycles. The van der Waals surface area contributed by atoms with E-state index in [4.69, 9.17) is 14.2 Å². The molecule has 0 heterocycles. The Morgan fingerprint density at radius 1 is 1.30 bits per heavy atom. The van der Waals surface area contributed by atoms with Crippen molar-refractivity contribution in [2.24, 2.45) is 0 Å². The van der Waals surface area contributed by atoms with Crippen molar-refractivity contribution >= 4 is 5.97 Å². The van der Waals surface area contributed by atoms with Gasteiger partial charge in [-0.1, -0.05) is 18.6 Å². The molecule has 0 spiro atoms. The number of ether oxygens (including phenoxy) is 3. The Kier molecular flexibility index (Phi) is 5.41. The molecule has 20 heavy (non-hydrogen) atoms. The molecule has 1 aromatic rings. The minimum atomic E-state index is -0.200. The van der Waals surface area contributed by atoms with Crippen LogP contribution in [0.25, 0.3) is 0 Å². The number of hydrogen-bond donors (Lipinski definition) is 0. The minimum Gasteiger partial charge on any atom is -0.468 e. The molecule has 4 nitrogen and oxygen atoms in total. The quantitative estimate of drug-likeness (QED) is 0.612. The average Bonchev–Trinajstić information content (AvgIpc) is 2.45. The second-order valence-electron chi connectivity index (χ2n) is 5.16. The molecule has 0 radical (unpaired) electrons. The Morgan fingerprint density at radius 2 is 2.10 bits per heavy atom. The van der Waals surface area contributed by atoms with Gasteiger partial charge in [0.05, 0.1) is 0 Å². The molecule has 1 fully saturated rings. The van der Waals surface area contributed by atoms with Crippen molar-refractivity contribution in [1.29, 1.82) is 0 Å². The van der Waals surface area contributed by atoms with Gasteiger partial charge in [0.2, 0.25) is 0 Å². The minimum absolute atomic E-state index is 0.0149. The van der Waals surface area contributed by atoms with Crippen molar-refractivity contribution in [3.63, 3.8) is 0 Å². The zero-order valence-electron chi connectivity index (χ0n) is 12.1. The lowest BCUT2D eigenvalue weighted by molar-refractivity contribution is -0.148. The standard InChI is InChI=1S/C16H22O4/c1-12(17)20-16-9-4-3-8-15(16)13-6-5-7-14(10-13)19-11-18-2/h5-7,10,15-16H,3-4,8-9,11H2,1-2H3/t15-,16+/m0/s1. The fourth-order valence-corrected chi connectivity index (χ4v) is 2.79. The predicted octanol–water partition coefficient (Wildman–Crippen LogP) is 3.26. The third-order valence-electron chi connectivity index (χ3n) is 3.65. The molecule has 2 atom stereocenters. The molecule has 110 valence electrons. The predicted molar refractivity (Wildman–Crippen MR) is 75.7 cm³/mol. The van der Waals surface area contributed by atoms with Crippen molar-refractivity contribution in [3.8, 4) is 5.75 Å². The molecule has 4 heteroatoms. The van der Waals surface area contributed by atoms with E-state index in [0.29, 0.717) is 0 Å². The van der Waals surface area contributed by atoms with Gasteiger partial charge in [0.15, 0.2) is 6.79 Å². The van der Waals surface area contributed by atoms with Crippen LogP contribution in [0.15, 0.2) is 24.3 Å². The van der Waals surface area contributed by atoms with Gasteiger partial charge >= 0.3 is 5.97 Å². The summed E-state index contributed by atoms with van der Waals surface area (Å²) in [5, 5.41) is 0. The van der Waals surface area contributed by atoms with Crippen LogP contribution in [-0.4, -0.2) is 26.0 Å². The van der Waals surface area contributed by atoms with Crippen LogP contribution in [0.4, 0.5) is 0 Å². The largest absolute Gasteiger partial charge is 0.468 e. The van der Waals surface area contributed by atoms with Crippen LogP contribution >= 0.6 is 0 Å². The highest BCUT2D eigenvalue weighted by Gasteiger charge is 2.29. The number of esters is 1. The van der Waals surface area contributed by atoms with Gasteiger partial charge < -0.3 is 14.2 Å². The van der Waals surface area contributed by atoms with Crippen molar-refractivity contribution < 1.29 is 19.0 Å². The SMILES string of the molecule is COCOc1cccc([C@@H]2CCCC[C@H]2OC(C)=O)c1. The highest BCUT2D eigenvalue weighted by Crippen LogP contribution is 2.36. The molecular weight excluding hydrogens is 256 g/mol. The summed E-state index contributed by atoms with van der Waals surface area (Å²) in [6.07, 6.45) is 4.26. The van der Waals surface area contributed by atoms with E-state index in [1.54, 1.807) is 7.11 Å². The summed E-state index contributed by atoms with van der Waals surface area (Å²) < 4.78 is 15.9. The van der Waals surface area contributed by atoms with Gasteiger partial charge in [-0.3, -0.25) is 4.79 Å². The third-order valence-corrected chi connectivity index (χ3v) is 3.65. The second-order valence-corrected chi connectivity index (χ2v) is 5.16. The Bertz CT molecular complexity index is 444. The lowest BCUT2D eigenvalue weighted by Crippen LogP contribution is -2.27. The van der Waals surface area contributed by atoms with E-state index >= 15 is 0 Å². The molecule has 1 aromatic carbocycles. The zero-order valence-corrected chi connectivity index (χ0v) is 12.1.